The van der Waals surface area contributed by atoms with E-state index in [9.17, 15) is 4.79 Å². The van der Waals surface area contributed by atoms with Gasteiger partial charge in [-0.05, 0) is 49.8 Å². The van der Waals surface area contributed by atoms with Crippen molar-refractivity contribution >= 4 is 17.0 Å². The fraction of sp³-hybridized carbons (Fsp3) is 0.450. The Morgan fingerprint density at radius 2 is 1.78 bits per heavy atom. The maximum atomic E-state index is 12.2. The zero-order valence-corrected chi connectivity index (χ0v) is 15.2. The fourth-order valence-corrected chi connectivity index (χ4v) is 3.80. The van der Waals surface area contributed by atoms with Crippen LogP contribution < -0.4 is 10.5 Å². The molecule has 1 aliphatic heterocycles. The van der Waals surface area contributed by atoms with Gasteiger partial charge in [0.15, 0.2) is 5.65 Å². The first-order chi connectivity index (χ1) is 13.3. The fourth-order valence-electron chi connectivity index (χ4n) is 3.80. The summed E-state index contributed by atoms with van der Waals surface area (Å²) in [5.41, 5.74) is 2.59. The van der Waals surface area contributed by atoms with Gasteiger partial charge in [0.05, 0.1) is 5.69 Å². The molecular weight excluding hydrogens is 340 g/mol. The topological polar surface area (TPSA) is 76.8 Å². The molecule has 0 bridgehead atoms. The summed E-state index contributed by atoms with van der Waals surface area (Å²) in [6.45, 7) is 2.57. The van der Waals surface area contributed by atoms with Crippen molar-refractivity contribution in [1.29, 1.82) is 0 Å². The van der Waals surface area contributed by atoms with E-state index in [0.29, 0.717) is 24.0 Å². The Morgan fingerprint density at radius 3 is 2.59 bits per heavy atom. The molecule has 3 aromatic heterocycles. The van der Waals surface area contributed by atoms with E-state index in [1.807, 2.05) is 18.2 Å². The summed E-state index contributed by atoms with van der Waals surface area (Å²) >= 11 is 0. The molecule has 0 atom stereocenters. The number of piperidine rings is 1. The van der Waals surface area contributed by atoms with Crippen LogP contribution in [0.2, 0.25) is 0 Å². The highest BCUT2D eigenvalue weighted by molar-refractivity contribution is 5.71. The standard InChI is InChI=1S/C20H22N6O/c27-19-6-4-16(15-1-2-15)24-26(19)13-14-7-11-25(12-8-14)18-5-3-17-20(23-18)22-10-9-21-17/h3-6,9-10,14-15H,1-2,7-8,11-13H2. The van der Waals surface area contributed by atoms with E-state index in [1.54, 1.807) is 23.1 Å². The highest BCUT2D eigenvalue weighted by atomic mass is 16.1. The van der Waals surface area contributed by atoms with Gasteiger partial charge in [0.1, 0.15) is 11.3 Å². The van der Waals surface area contributed by atoms with Gasteiger partial charge in [-0.2, -0.15) is 5.10 Å². The van der Waals surface area contributed by atoms with Crippen LogP contribution >= 0.6 is 0 Å². The Balaban J connectivity index is 1.26. The van der Waals surface area contributed by atoms with Crippen LogP contribution in [0.5, 0.6) is 0 Å². The molecule has 0 amide bonds. The number of hydrogen-bond acceptors (Lipinski definition) is 6. The molecule has 3 aromatic rings. The molecule has 0 radical (unpaired) electrons. The van der Waals surface area contributed by atoms with Crippen molar-refractivity contribution in [3.05, 3.63) is 52.7 Å². The lowest BCUT2D eigenvalue weighted by Gasteiger charge is -2.32. The minimum absolute atomic E-state index is 0.0107. The molecule has 0 unspecified atom stereocenters. The summed E-state index contributed by atoms with van der Waals surface area (Å²) < 4.78 is 1.68. The number of rotatable bonds is 4. The zero-order valence-electron chi connectivity index (χ0n) is 15.2. The normalized spacial score (nSPS) is 18.1. The van der Waals surface area contributed by atoms with Gasteiger partial charge in [-0.25, -0.2) is 14.6 Å². The summed E-state index contributed by atoms with van der Waals surface area (Å²) in [6.07, 6.45) is 7.82. The molecule has 0 N–H and O–H groups in total. The summed E-state index contributed by atoms with van der Waals surface area (Å²) in [5, 5.41) is 4.60. The Labute approximate surface area is 157 Å². The molecule has 0 aromatic carbocycles. The van der Waals surface area contributed by atoms with Crippen LogP contribution in [0.4, 0.5) is 5.82 Å². The first kappa shape index (κ1) is 16.4. The second kappa shape index (κ2) is 6.72. The largest absolute Gasteiger partial charge is 0.357 e. The average molecular weight is 362 g/mol. The van der Waals surface area contributed by atoms with E-state index in [4.69, 9.17) is 0 Å². The van der Waals surface area contributed by atoms with Crippen molar-refractivity contribution in [1.82, 2.24) is 24.7 Å². The van der Waals surface area contributed by atoms with Crippen LogP contribution in [-0.2, 0) is 6.54 Å². The number of nitrogens with zero attached hydrogens (tertiary/aromatic N) is 6. The van der Waals surface area contributed by atoms with E-state index in [2.05, 4.69) is 25.0 Å². The third-order valence-electron chi connectivity index (χ3n) is 5.57. The molecule has 27 heavy (non-hydrogen) atoms. The Kier molecular flexibility index (Phi) is 4.07. The van der Waals surface area contributed by atoms with Crippen LogP contribution in [-0.4, -0.2) is 37.8 Å². The first-order valence-electron chi connectivity index (χ1n) is 9.67. The van der Waals surface area contributed by atoms with Gasteiger partial charge in [0, 0.05) is 44.0 Å². The maximum Gasteiger partial charge on any atom is 0.266 e. The second-order valence-corrected chi connectivity index (χ2v) is 7.55. The molecule has 1 aliphatic carbocycles. The summed E-state index contributed by atoms with van der Waals surface area (Å²) in [6, 6.07) is 7.56. The lowest BCUT2D eigenvalue weighted by molar-refractivity contribution is 0.333. The minimum Gasteiger partial charge on any atom is -0.357 e. The number of aromatic nitrogens is 5. The zero-order chi connectivity index (χ0) is 18.2. The number of fused-ring (bicyclic) bond motifs is 1. The van der Waals surface area contributed by atoms with Crippen LogP contribution in [0.3, 0.4) is 0 Å². The van der Waals surface area contributed by atoms with Gasteiger partial charge < -0.3 is 4.90 Å². The van der Waals surface area contributed by atoms with Crippen molar-refractivity contribution in [3.8, 4) is 0 Å². The monoisotopic (exact) mass is 362 g/mol. The Morgan fingerprint density at radius 1 is 0.963 bits per heavy atom. The van der Waals surface area contributed by atoms with Gasteiger partial charge in [-0.3, -0.25) is 9.78 Å². The van der Waals surface area contributed by atoms with Gasteiger partial charge in [-0.15, -0.1) is 0 Å². The van der Waals surface area contributed by atoms with E-state index < -0.39 is 0 Å². The lowest BCUT2D eigenvalue weighted by atomic mass is 9.97. The van der Waals surface area contributed by atoms with Crippen LogP contribution in [0, 0.1) is 5.92 Å². The van der Waals surface area contributed by atoms with E-state index in [1.165, 1.54) is 12.8 Å². The van der Waals surface area contributed by atoms with Crippen molar-refractivity contribution in [2.24, 2.45) is 5.92 Å². The van der Waals surface area contributed by atoms with Gasteiger partial charge in [-0.1, -0.05) is 0 Å². The quantitative estimate of drug-likeness (QED) is 0.709. The Bertz CT molecular complexity index is 1020. The van der Waals surface area contributed by atoms with Gasteiger partial charge >= 0.3 is 0 Å². The third kappa shape index (κ3) is 3.41. The average Bonchev–Trinajstić information content (AvgIpc) is 3.55. The molecule has 2 fully saturated rings. The van der Waals surface area contributed by atoms with Crippen molar-refractivity contribution in [2.75, 3.05) is 18.0 Å². The second-order valence-electron chi connectivity index (χ2n) is 7.55. The molecule has 7 nitrogen and oxygen atoms in total. The molecule has 0 spiro atoms. The SMILES string of the molecule is O=c1ccc(C2CC2)nn1CC1CCN(c2ccc3nccnc3n2)CC1. The summed E-state index contributed by atoms with van der Waals surface area (Å²) in [7, 11) is 0. The molecule has 5 rings (SSSR count). The summed E-state index contributed by atoms with van der Waals surface area (Å²) in [4.78, 5) is 27.7. The first-order valence-corrected chi connectivity index (χ1v) is 9.67. The van der Waals surface area contributed by atoms with Crippen LogP contribution in [0.1, 0.15) is 37.3 Å². The highest BCUT2D eigenvalue weighted by Crippen LogP contribution is 2.38. The molecular formula is C20H22N6O. The molecule has 138 valence electrons. The molecule has 7 heteroatoms. The lowest BCUT2D eigenvalue weighted by Crippen LogP contribution is -2.37. The maximum absolute atomic E-state index is 12.2. The predicted molar refractivity (Wildman–Crippen MR) is 103 cm³/mol. The van der Waals surface area contributed by atoms with E-state index in [-0.39, 0.29) is 5.56 Å². The van der Waals surface area contributed by atoms with Crippen LogP contribution in [0.15, 0.2) is 41.5 Å². The Hall–Kier alpha value is -2.83. The minimum atomic E-state index is 0.0107. The molecule has 4 heterocycles. The van der Waals surface area contributed by atoms with Crippen LogP contribution in [0.25, 0.3) is 11.2 Å². The molecule has 1 saturated carbocycles. The third-order valence-corrected chi connectivity index (χ3v) is 5.57. The smallest absolute Gasteiger partial charge is 0.266 e. The van der Waals surface area contributed by atoms with Crippen molar-refractivity contribution in [3.63, 3.8) is 0 Å². The number of anilines is 1. The van der Waals surface area contributed by atoms with Gasteiger partial charge in [0.2, 0.25) is 0 Å². The number of hydrogen-bond donors (Lipinski definition) is 0. The highest BCUT2D eigenvalue weighted by Gasteiger charge is 2.26. The molecule has 2 aliphatic rings. The van der Waals surface area contributed by atoms with Gasteiger partial charge in [0.25, 0.3) is 5.56 Å². The predicted octanol–water partition coefficient (Wildman–Crippen LogP) is 2.38. The van der Waals surface area contributed by atoms with E-state index in [0.717, 1.165) is 43.0 Å². The number of pyridine rings is 1. The molecule has 1 saturated heterocycles. The van der Waals surface area contributed by atoms with Crippen molar-refractivity contribution < 1.29 is 0 Å². The van der Waals surface area contributed by atoms with E-state index >= 15 is 0 Å². The van der Waals surface area contributed by atoms with Crippen molar-refractivity contribution in [2.45, 2.75) is 38.1 Å². The summed E-state index contributed by atoms with van der Waals surface area (Å²) in [5.74, 6) is 1.99.